The fourth-order valence-electron chi connectivity index (χ4n) is 3.29. The van der Waals surface area contributed by atoms with E-state index in [0.29, 0.717) is 19.3 Å². The lowest BCUT2D eigenvalue weighted by Gasteiger charge is -2.38. The molecule has 2 atom stereocenters. The number of amides is 1. The number of carboxylic acid groups (broad SMARTS) is 1. The smallest absolute Gasteiger partial charge is 0.290 e. The van der Waals surface area contributed by atoms with E-state index in [4.69, 9.17) is 14.6 Å². The molecule has 0 bridgehead atoms. The molecule has 1 amide bonds. The molecule has 0 saturated carbocycles. The summed E-state index contributed by atoms with van der Waals surface area (Å²) in [7, 11) is 4.11. The second kappa shape index (κ2) is 8.98. The lowest BCUT2D eigenvalue weighted by molar-refractivity contribution is -0.122. The normalized spacial score (nSPS) is 24.4. The van der Waals surface area contributed by atoms with Gasteiger partial charge in [-0.2, -0.15) is 0 Å². The van der Waals surface area contributed by atoms with Crippen LogP contribution < -0.4 is 5.32 Å². The number of aromatic nitrogens is 1. The monoisotopic (exact) mass is 352 g/mol. The topological polar surface area (TPSA) is 87.0 Å². The van der Waals surface area contributed by atoms with Crippen molar-refractivity contribution in [2.24, 2.45) is 7.05 Å². The summed E-state index contributed by atoms with van der Waals surface area (Å²) >= 11 is 0. The molecule has 0 aromatic carbocycles. The van der Waals surface area contributed by atoms with Crippen molar-refractivity contribution in [3.8, 4) is 0 Å². The minimum Gasteiger partial charge on any atom is -0.483 e. The number of rotatable bonds is 3. The zero-order valence-electron chi connectivity index (χ0n) is 15.1. The number of carbonyl (C=O) groups excluding carboxylic acids is 1. The first-order chi connectivity index (χ1) is 12.0. The Kier molecular flexibility index (Phi) is 6.98. The lowest BCUT2D eigenvalue weighted by Crippen LogP contribution is -2.56. The van der Waals surface area contributed by atoms with Gasteiger partial charge in [-0.1, -0.05) is 0 Å². The van der Waals surface area contributed by atoms with Gasteiger partial charge in [-0.15, -0.1) is 0 Å². The summed E-state index contributed by atoms with van der Waals surface area (Å²) in [5.74, 6) is 0.00716. The van der Waals surface area contributed by atoms with Crippen LogP contribution in [0.4, 0.5) is 0 Å². The first-order valence-corrected chi connectivity index (χ1v) is 8.49. The van der Waals surface area contributed by atoms with Gasteiger partial charge in [-0.25, -0.2) is 0 Å². The third-order valence-corrected chi connectivity index (χ3v) is 5.00. The Morgan fingerprint density at radius 3 is 2.48 bits per heavy atom. The van der Waals surface area contributed by atoms with Crippen LogP contribution in [0.15, 0.2) is 12.3 Å². The summed E-state index contributed by atoms with van der Waals surface area (Å²) < 4.78 is 7.62. The number of piperazine rings is 1. The summed E-state index contributed by atoms with van der Waals surface area (Å²) in [6, 6.07) is 2.25. The van der Waals surface area contributed by atoms with Gasteiger partial charge in [0.1, 0.15) is 0 Å². The average Bonchev–Trinajstić information content (AvgIpc) is 3.17. The van der Waals surface area contributed by atoms with Gasteiger partial charge in [0.25, 0.3) is 12.4 Å². The van der Waals surface area contributed by atoms with Crippen LogP contribution in [0, 0.1) is 6.92 Å². The lowest BCUT2D eigenvalue weighted by atomic mass is 10.1. The second-order valence-corrected chi connectivity index (χ2v) is 6.56. The molecule has 8 heteroatoms. The van der Waals surface area contributed by atoms with Gasteiger partial charge >= 0.3 is 0 Å². The maximum Gasteiger partial charge on any atom is 0.290 e. The number of aryl methyl sites for hydroxylation is 1. The van der Waals surface area contributed by atoms with Gasteiger partial charge in [0.15, 0.2) is 0 Å². The number of nitrogens with zero attached hydrogens (tertiary/aromatic N) is 3. The molecule has 8 nitrogen and oxygen atoms in total. The Morgan fingerprint density at radius 1 is 1.28 bits per heavy atom. The van der Waals surface area contributed by atoms with Crippen LogP contribution in [0.1, 0.15) is 16.1 Å². The number of ether oxygens (including phenoxy) is 1. The molecule has 140 valence electrons. The third kappa shape index (κ3) is 4.81. The maximum absolute atomic E-state index is 12.5. The highest BCUT2D eigenvalue weighted by atomic mass is 16.5. The molecule has 3 rings (SSSR count). The molecule has 2 fully saturated rings. The van der Waals surface area contributed by atoms with Crippen LogP contribution in [0.3, 0.4) is 0 Å². The fourth-order valence-corrected chi connectivity index (χ4v) is 3.29. The van der Waals surface area contributed by atoms with Gasteiger partial charge in [-0.05, 0) is 20.0 Å². The van der Waals surface area contributed by atoms with Crippen molar-refractivity contribution in [3.63, 3.8) is 0 Å². The largest absolute Gasteiger partial charge is 0.483 e. The van der Waals surface area contributed by atoms with Crippen molar-refractivity contribution in [3.05, 3.63) is 23.5 Å². The van der Waals surface area contributed by atoms with E-state index < -0.39 is 0 Å². The summed E-state index contributed by atoms with van der Waals surface area (Å²) in [6.07, 6.45) is 1.92. The third-order valence-electron chi connectivity index (χ3n) is 5.00. The van der Waals surface area contributed by atoms with Gasteiger partial charge in [0.2, 0.25) is 0 Å². The van der Waals surface area contributed by atoms with Gasteiger partial charge < -0.3 is 24.6 Å². The number of nitrogens with one attached hydrogen (secondary N) is 1. The molecule has 2 aliphatic heterocycles. The first kappa shape index (κ1) is 19.4. The Bertz CT molecular complexity index is 581. The van der Waals surface area contributed by atoms with Crippen molar-refractivity contribution < 1.29 is 19.4 Å². The molecule has 0 aliphatic carbocycles. The molecule has 2 saturated heterocycles. The van der Waals surface area contributed by atoms with E-state index in [1.807, 2.05) is 30.8 Å². The summed E-state index contributed by atoms with van der Waals surface area (Å²) in [5.41, 5.74) is 1.75. The molecular formula is C17H28N4O4. The first-order valence-electron chi connectivity index (χ1n) is 8.49. The molecule has 0 unspecified atom stereocenters. The summed E-state index contributed by atoms with van der Waals surface area (Å²) in [5, 5.41) is 10.1. The van der Waals surface area contributed by atoms with Gasteiger partial charge in [0, 0.05) is 45.1 Å². The van der Waals surface area contributed by atoms with Gasteiger partial charge in [-0.3, -0.25) is 14.5 Å². The highest BCUT2D eigenvalue weighted by Gasteiger charge is 2.35. The molecule has 3 heterocycles. The van der Waals surface area contributed by atoms with Crippen LogP contribution in [0.2, 0.25) is 0 Å². The van der Waals surface area contributed by atoms with Gasteiger partial charge in [0.05, 0.1) is 30.9 Å². The molecular weight excluding hydrogens is 324 g/mol. The Balaban J connectivity index is 0.000000701. The number of carbonyl (C=O) groups is 2. The van der Waals surface area contributed by atoms with Crippen LogP contribution in [0.5, 0.6) is 0 Å². The van der Waals surface area contributed by atoms with E-state index in [2.05, 4.69) is 22.2 Å². The van der Waals surface area contributed by atoms with Crippen molar-refractivity contribution in [2.45, 2.75) is 19.0 Å². The summed E-state index contributed by atoms with van der Waals surface area (Å²) in [4.78, 5) is 25.7. The predicted molar refractivity (Wildman–Crippen MR) is 93.8 cm³/mol. The summed E-state index contributed by atoms with van der Waals surface area (Å²) in [6.45, 7) is 7.28. The predicted octanol–water partition coefficient (Wildman–Crippen LogP) is -0.221. The number of hydrogen-bond donors (Lipinski definition) is 2. The molecule has 1 aromatic heterocycles. The highest BCUT2D eigenvalue weighted by molar-refractivity contribution is 5.95. The van der Waals surface area contributed by atoms with E-state index in [1.165, 1.54) is 0 Å². The SMILES string of the molecule is Cc1c(C(=O)N[C@H]2COC[C@@H]2N2CCN(C)CC2)ccn1C.O=CO. The minimum absolute atomic E-state index is 0.00716. The maximum atomic E-state index is 12.5. The van der Waals surface area contributed by atoms with Crippen molar-refractivity contribution in [2.75, 3.05) is 46.4 Å². The zero-order chi connectivity index (χ0) is 18.4. The highest BCUT2D eigenvalue weighted by Crippen LogP contribution is 2.17. The van der Waals surface area contributed by atoms with E-state index in [1.54, 1.807) is 0 Å². The molecule has 2 N–H and O–H groups in total. The van der Waals surface area contributed by atoms with E-state index in [-0.39, 0.29) is 18.4 Å². The number of likely N-dealkylation sites (N-methyl/N-ethyl adjacent to an activating group) is 1. The van der Waals surface area contributed by atoms with Crippen LogP contribution in [0.25, 0.3) is 0 Å². The standard InChI is InChI=1S/C16H26N4O2.CH2O2/c1-12-13(4-5-19(12)3)16(21)17-14-10-22-11-15(14)20-8-6-18(2)7-9-20;2-1-3/h4-5,14-15H,6-11H2,1-3H3,(H,17,21);1H,(H,2,3)/t14-,15-;/m0./s1. The number of hydrogen-bond acceptors (Lipinski definition) is 5. The van der Waals surface area contributed by atoms with E-state index in [9.17, 15) is 4.79 Å². The Hall–Kier alpha value is -1.90. The average molecular weight is 352 g/mol. The van der Waals surface area contributed by atoms with Crippen LogP contribution in [-0.4, -0.2) is 90.4 Å². The van der Waals surface area contributed by atoms with Crippen molar-refractivity contribution in [1.82, 2.24) is 19.7 Å². The fraction of sp³-hybridized carbons (Fsp3) is 0.647. The molecule has 1 aromatic rings. The Morgan fingerprint density at radius 2 is 1.92 bits per heavy atom. The Labute approximate surface area is 148 Å². The molecule has 25 heavy (non-hydrogen) atoms. The molecule has 0 radical (unpaired) electrons. The molecule has 2 aliphatic rings. The minimum atomic E-state index is -0.250. The van der Waals surface area contributed by atoms with E-state index >= 15 is 0 Å². The van der Waals surface area contributed by atoms with Crippen LogP contribution >= 0.6 is 0 Å². The quantitative estimate of drug-likeness (QED) is 0.732. The van der Waals surface area contributed by atoms with Crippen LogP contribution in [-0.2, 0) is 16.6 Å². The van der Waals surface area contributed by atoms with E-state index in [0.717, 1.165) is 37.4 Å². The second-order valence-electron chi connectivity index (χ2n) is 6.56. The molecule has 0 spiro atoms. The zero-order valence-corrected chi connectivity index (χ0v) is 15.1. The van der Waals surface area contributed by atoms with Crippen molar-refractivity contribution in [1.29, 1.82) is 0 Å². The van der Waals surface area contributed by atoms with Crippen molar-refractivity contribution >= 4 is 12.4 Å².